The second-order valence-electron chi connectivity index (χ2n) is 6.95. The van der Waals surface area contributed by atoms with E-state index in [2.05, 4.69) is 15.1 Å². The lowest BCUT2D eigenvalue weighted by Crippen LogP contribution is -2.06. The number of non-ortho nitro benzene ring substituents is 1. The Hall–Kier alpha value is -3.35. The number of nitro groups is 1. The van der Waals surface area contributed by atoms with Crippen molar-refractivity contribution >= 4 is 46.0 Å². The van der Waals surface area contributed by atoms with Gasteiger partial charge in [-0.15, -0.1) is 0 Å². The standard InChI is InChI=1S/C23H18Cl2N4O2/c24-21-5-3-6-22(25)20(21)13-27-26-12-17-15-28(23-7-2-1-4-19(17)23)14-16-8-10-18(11-9-16)29(30)31/h1-12,15,27H,13-14H2/b26-12-. The molecule has 1 N–H and O–H groups in total. The van der Waals surface area contributed by atoms with Gasteiger partial charge >= 0.3 is 0 Å². The van der Waals surface area contributed by atoms with Crippen molar-refractivity contribution in [3.8, 4) is 0 Å². The molecular formula is C23H18Cl2N4O2. The third-order valence-corrected chi connectivity index (χ3v) is 5.64. The summed E-state index contributed by atoms with van der Waals surface area (Å²) in [4.78, 5) is 10.5. The van der Waals surface area contributed by atoms with Gasteiger partial charge in [0.1, 0.15) is 0 Å². The number of rotatable bonds is 7. The Kier molecular flexibility index (Phi) is 6.21. The van der Waals surface area contributed by atoms with E-state index in [1.54, 1.807) is 36.5 Å². The Morgan fingerprint density at radius 3 is 2.42 bits per heavy atom. The second-order valence-corrected chi connectivity index (χ2v) is 7.76. The van der Waals surface area contributed by atoms with E-state index in [1.165, 1.54) is 12.1 Å². The quantitative estimate of drug-likeness (QED) is 0.211. The fourth-order valence-corrected chi connectivity index (χ4v) is 3.90. The van der Waals surface area contributed by atoms with Crippen LogP contribution in [0.1, 0.15) is 16.7 Å². The number of nitrogens with zero attached hydrogens (tertiary/aromatic N) is 3. The van der Waals surface area contributed by atoms with Gasteiger partial charge in [-0.1, -0.05) is 59.6 Å². The van der Waals surface area contributed by atoms with E-state index in [9.17, 15) is 10.1 Å². The van der Waals surface area contributed by atoms with Crippen LogP contribution in [0.5, 0.6) is 0 Å². The number of nitrogens with one attached hydrogen (secondary N) is 1. The van der Waals surface area contributed by atoms with Crippen LogP contribution < -0.4 is 5.43 Å². The average molecular weight is 453 g/mol. The first kappa shape index (κ1) is 20.9. The highest BCUT2D eigenvalue weighted by molar-refractivity contribution is 6.35. The number of aromatic nitrogens is 1. The van der Waals surface area contributed by atoms with Crippen molar-refractivity contribution in [3.63, 3.8) is 0 Å². The second kappa shape index (κ2) is 9.20. The van der Waals surface area contributed by atoms with Crippen LogP contribution in [0, 0.1) is 10.1 Å². The minimum absolute atomic E-state index is 0.0821. The molecule has 3 aromatic carbocycles. The van der Waals surface area contributed by atoms with E-state index in [-0.39, 0.29) is 5.69 Å². The highest BCUT2D eigenvalue weighted by atomic mass is 35.5. The molecule has 4 aromatic rings. The maximum Gasteiger partial charge on any atom is 0.269 e. The Bertz CT molecular complexity index is 1250. The zero-order valence-corrected chi connectivity index (χ0v) is 17.8. The van der Waals surface area contributed by atoms with Crippen LogP contribution in [0.25, 0.3) is 10.9 Å². The van der Waals surface area contributed by atoms with Crippen LogP contribution in [-0.2, 0) is 13.1 Å². The number of halogens is 2. The van der Waals surface area contributed by atoms with Gasteiger partial charge in [0.25, 0.3) is 5.69 Å². The van der Waals surface area contributed by atoms with Gasteiger partial charge in [-0.25, -0.2) is 0 Å². The molecule has 0 amide bonds. The summed E-state index contributed by atoms with van der Waals surface area (Å²) in [5, 5.41) is 17.5. The summed E-state index contributed by atoms with van der Waals surface area (Å²) < 4.78 is 2.10. The number of fused-ring (bicyclic) bond motifs is 1. The average Bonchev–Trinajstić information content (AvgIpc) is 3.11. The van der Waals surface area contributed by atoms with E-state index in [0.717, 1.165) is 27.6 Å². The molecule has 6 nitrogen and oxygen atoms in total. The molecule has 156 valence electrons. The zero-order valence-electron chi connectivity index (χ0n) is 16.3. The van der Waals surface area contributed by atoms with Gasteiger partial charge in [0.05, 0.1) is 17.7 Å². The van der Waals surface area contributed by atoms with E-state index in [4.69, 9.17) is 23.2 Å². The molecule has 0 saturated carbocycles. The summed E-state index contributed by atoms with van der Waals surface area (Å²) in [7, 11) is 0. The molecule has 0 atom stereocenters. The zero-order chi connectivity index (χ0) is 21.8. The van der Waals surface area contributed by atoms with Crippen LogP contribution in [0.4, 0.5) is 5.69 Å². The summed E-state index contributed by atoms with van der Waals surface area (Å²) in [6, 6.07) is 20.0. The van der Waals surface area contributed by atoms with Gasteiger partial charge in [-0.3, -0.25) is 10.1 Å². The van der Waals surface area contributed by atoms with Crippen molar-refractivity contribution in [2.45, 2.75) is 13.1 Å². The molecule has 0 aliphatic heterocycles. The van der Waals surface area contributed by atoms with Gasteiger partial charge < -0.3 is 9.99 Å². The summed E-state index contributed by atoms with van der Waals surface area (Å²) in [6.07, 6.45) is 3.78. The maximum atomic E-state index is 10.9. The first-order chi connectivity index (χ1) is 15.0. The van der Waals surface area contributed by atoms with Gasteiger partial charge in [0.2, 0.25) is 0 Å². The normalized spacial score (nSPS) is 11.3. The largest absolute Gasteiger partial charge is 0.342 e. The predicted octanol–water partition coefficient (Wildman–Crippen LogP) is 6.03. The van der Waals surface area contributed by atoms with Crippen molar-refractivity contribution < 1.29 is 4.92 Å². The van der Waals surface area contributed by atoms with Crippen molar-refractivity contribution in [2.24, 2.45) is 5.10 Å². The SMILES string of the molecule is O=[N+]([O-])c1ccc(Cn2cc(/C=N\NCc3c(Cl)cccc3Cl)c3ccccc32)cc1. The smallest absolute Gasteiger partial charge is 0.269 e. The molecule has 0 saturated heterocycles. The highest BCUT2D eigenvalue weighted by Gasteiger charge is 2.09. The van der Waals surface area contributed by atoms with Gasteiger partial charge in [0, 0.05) is 56.9 Å². The van der Waals surface area contributed by atoms with Crippen LogP contribution in [0.2, 0.25) is 10.0 Å². The molecule has 0 radical (unpaired) electrons. The summed E-state index contributed by atoms with van der Waals surface area (Å²) in [5.74, 6) is 0. The van der Waals surface area contributed by atoms with Gasteiger partial charge in [-0.2, -0.15) is 5.10 Å². The molecule has 0 fully saturated rings. The molecule has 0 aliphatic carbocycles. The number of para-hydroxylation sites is 1. The molecule has 0 aliphatic rings. The number of nitro benzene ring substituents is 1. The molecule has 4 rings (SSSR count). The summed E-state index contributed by atoms with van der Waals surface area (Å²) >= 11 is 12.4. The fourth-order valence-electron chi connectivity index (χ4n) is 3.37. The van der Waals surface area contributed by atoms with Crippen LogP contribution >= 0.6 is 23.2 Å². The topological polar surface area (TPSA) is 72.5 Å². The monoisotopic (exact) mass is 452 g/mol. The summed E-state index contributed by atoms with van der Waals surface area (Å²) in [5.41, 5.74) is 6.86. The minimum Gasteiger partial charge on any atom is -0.342 e. The van der Waals surface area contributed by atoms with E-state index < -0.39 is 4.92 Å². The number of hydrazone groups is 1. The van der Waals surface area contributed by atoms with Crippen LogP contribution in [0.3, 0.4) is 0 Å². The van der Waals surface area contributed by atoms with E-state index in [0.29, 0.717) is 23.1 Å². The van der Waals surface area contributed by atoms with Crippen molar-refractivity contribution in [1.82, 2.24) is 9.99 Å². The number of hydrogen-bond donors (Lipinski definition) is 1. The van der Waals surface area contributed by atoms with Crippen molar-refractivity contribution in [1.29, 1.82) is 0 Å². The highest BCUT2D eigenvalue weighted by Crippen LogP contribution is 2.24. The third kappa shape index (κ3) is 4.71. The Labute approximate surface area is 188 Å². The predicted molar refractivity (Wildman–Crippen MR) is 125 cm³/mol. The van der Waals surface area contributed by atoms with Gasteiger partial charge in [-0.05, 0) is 23.8 Å². The molecule has 0 spiro atoms. The van der Waals surface area contributed by atoms with Crippen molar-refractivity contribution in [2.75, 3.05) is 0 Å². The molecule has 8 heteroatoms. The Morgan fingerprint density at radius 1 is 1.00 bits per heavy atom. The minimum atomic E-state index is -0.397. The molecule has 1 aromatic heterocycles. The number of hydrogen-bond acceptors (Lipinski definition) is 4. The molecule has 31 heavy (non-hydrogen) atoms. The third-order valence-electron chi connectivity index (χ3n) is 4.93. The Morgan fingerprint density at radius 2 is 1.71 bits per heavy atom. The number of benzene rings is 3. The molecule has 0 unspecified atom stereocenters. The van der Waals surface area contributed by atoms with Crippen LogP contribution in [-0.4, -0.2) is 15.7 Å². The lowest BCUT2D eigenvalue weighted by molar-refractivity contribution is -0.384. The lowest BCUT2D eigenvalue weighted by atomic mass is 10.2. The van der Waals surface area contributed by atoms with Crippen molar-refractivity contribution in [3.05, 3.63) is 110 Å². The lowest BCUT2D eigenvalue weighted by Gasteiger charge is -2.05. The van der Waals surface area contributed by atoms with E-state index in [1.807, 2.05) is 30.5 Å². The molecule has 0 bridgehead atoms. The van der Waals surface area contributed by atoms with Gasteiger partial charge in [0.15, 0.2) is 0 Å². The first-order valence-electron chi connectivity index (χ1n) is 9.53. The molecular weight excluding hydrogens is 435 g/mol. The Balaban J connectivity index is 1.53. The summed E-state index contributed by atoms with van der Waals surface area (Å²) in [6.45, 7) is 1.01. The first-order valence-corrected chi connectivity index (χ1v) is 10.3. The fraction of sp³-hybridized carbons (Fsp3) is 0.0870. The van der Waals surface area contributed by atoms with E-state index >= 15 is 0 Å². The van der Waals surface area contributed by atoms with Crippen LogP contribution in [0.15, 0.2) is 78.0 Å². The molecule has 1 heterocycles. The maximum absolute atomic E-state index is 10.9.